The number of aliphatic carboxylic acids is 1. The Balaban J connectivity index is 2.89. The summed E-state index contributed by atoms with van der Waals surface area (Å²) in [4.78, 5) is 10.1. The highest BCUT2D eigenvalue weighted by molar-refractivity contribution is 5.88. The van der Waals surface area contributed by atoms with Crippen molar-refractivity contribution in [3.8, 4) is 0 Å². The molecule has 62 valence electrons. The van der Waals surface area contributed by atoms with Gasteiger partial charge in [-0.05, 0) is 11.3 Å². The molecule has 0 radical (unpaired) electrons. The van der Waals surface area contributed by atoms with Crippen LogP contribution in [0.3, 0.4) is 0 Å². The van der Waals surface area contributed by atoms with Gasteiger partial charge in [-0.1, -0.05) is 36.4 Å². The van der Waals surface area contributed by atoms with E-state index in [-0.39, 0.29) is 0 Å². The van der Waals surface area contributed by atoms with Crippen molar-refractivity contribution in [1.29, 1.82) is 0 Å². The standard InChI is InChI=1S/C9H8O3/c10-8(9(11)12)6-7-4-2-1-3-5-7/h1-6,10H,(H,11,12)/p-1/b8-6-. The van der Waals surface area contributed by atoms with E-state index in [4.69, 9.17) is 5.11 Å². The summed E-state index contributed by atoms with van der Waals surface area (Å²) in [5, 5.41) is 18.9. The lowest BCUT2D eigenvalue weighted by molar-refractivity contribution is -0.300. The molecule has 0 saturated carbocycles. The lowest BCUT2D eigenvalue weighted by Gasteiger charge is -2.04. The smallest absolute Gasteiger partial charge is 0.320 e. The maximum atomic E-state index is 10.7. The zero-order valence-corrected chi connectivity index (χ0v) is 6.23. The summed E-state index contributed by atoms with van der Waals surface area (Å²) < 4.78 is 0. The van der Waals surface area contributed by atoms with Gasteiger partial charge < -0.3 is 10.2 Å². The fourth-order valence-electron chi connectivity index (χ4n) is 0.762. The van der Waals surface area contributed by atoms with Crippen LogP contribution >= 0.6 is 0 Å². The maximum Gasteiger partial charge on any atom is 0.320 e. The Morgan fingerprint density at radius 1 is 1.33 bits per heavy atom. The van der Waals surface area contributed by atoms with Gasteiger partial charge in [0.25, 0.3) is 0 Å². The predicted octanol–water partition coefficient (Wildman–Crippen LogP) is 0.472. The van der Waals surface area contributed by atoms with Crippen molar-refractivity contribution in [2.45, 2.75) is 0 Å². The summed E-state index contributed by atoms with van der Waals surface area (Å²) in [5.41, 5.74) is 0.602. The number of rotatable bonds is 2. The van der Waals surface area contributed by atoms with Crippen LogP contribution in [0.15, 0.2) is 36.1 Å². The first kappa shape index (κ1) is 8.33. The molecule has 1 rings (SSSR count). The van der Waals surface area contributed by atoms with Crippen LogP contribution in [0.25, 0.3) is 6.08 Å². The molecule has 0 aliphatic carbocycles. The zero-order chi connectivity index (χ0) is 8.97. The number of hydrogen-bond donors (Lipinski definition) is 1. The Morgan fingerprint density at radius 3 is 2.42 bits per heavy atom. The quantitative estimate of drug-likeness (QED) is 0.509. The second-order valence-electron chi connectivity index (χ2n) is 2.22. The zero-order valence-electron chi connectivity index (χ0n) is 6.23. The molecule has 0 aromatic heterocycles. The van der Waals surface area contributed by atoms with E-state index in [1.54, 1.807) is 30.3 Å². The minimum absolute atomic E-state index is 0.602. The summed E-state index contributed by atoms with van der Waals surface area (Å²) in [7, 11) is 0. The Hall–Kier alpha value is -1.77. The molecule has 1 N–H and O–H groups in total. The van der Waals surface area contributed by atoms with Gasteiger partial charge >= 0.3 is 5.97 Å². The third-order valence-corrected chi connectivity index (χ3v) is 1.31. The highest BCUT2D eigenvalue weighted by Gasteiger charge is 1.92. The first-order valence-corrected chi connectivity index (χ1v) is 3.37. The Labute approximate surface area is 69.6 Å². The Bertz CT molecular complexity index is 301. The number of carbonyl (C=O) groups is 1. The lowest BCUT2D eigenvalue weighted by Crippen LogP contribution is -2.13. The molecule has 0 aliphatic rings. The molecule has 0 fully saturated rings. The molecular weight excluding hydrogens is 156 g/mol. The van der Waals surface area contributed by atoms with Crippen molar-refractivity contribution >= 4 is 12.0 Å². The van der Waals surface area contributed by atoms with Crippen molar-refractivity contribution in [1.82, 2.24) is 0 Å². The van der Waals surface area contributed by atoms with Gasteiger partial charge in [0.05, 0.1) is 0 Å². The van der Waals surface area contributed by atoms with Crippen molar-refractivity contribution in [3.05, 3.63) is 41.7 Å². The second kappa shape index (κ2) is 3.57. The van der Waals surface area contributed by atoms with Gasteiger partial charge in [0, 0.05) is 0 Å². The molecule has 3 nitrogen and oxygen atoms in total. The van der Waals surface area contributed by atoms with Gasteiger partial charge in [0.15, 0.2) is 0 Å². The summed E-state index contributed by atoms with van der Waals surface area (Å²) in [5.74, 6) is -2.33. The van der Waals surface area contributed by atoms with E-state index in [1.165, 1.54) is 0 Å². The number of hydrogen-bond acceptors (Lipinski definition) is 2. The van der Waals surface area contributed by atoms with Crippen LogP contribution in [0.4, 0.5) is 0 Å². The topological polar surface area (TPSA) is 60.4 Å². The molecule has 0 spiro atoms. The van der Waals surface area contributed by atoms with Crippen molar-refractivity contribution in [3.63, 3.8) is 0 Å². The van der Waals surface area contributed by atoms with Crippen LogP contribution < -0.4 is 5.11 Å². The normalized spacial score (nSPS) is 11.2. The monoisotopic (exact) mass is 163 g/mol. The van der Waals surface area contributed by atoms with Gasteiger partial charge in [-0.15, -0.1) is 0 Å². The van der Waals surface area contributed by atoms with Crippen LogP contribution in [-0.2, 0) is 4.79 Å². The first-order chi connectivity index (χ1) is 5.70. The summed E-state index contributed by atoms with van der Waals surface area (Å²) in [6, 6.07) is 8.60. The molecule has 0 heterocycles. The second-order valence-corrected chi connectivity index (χ2v) is 2.22. The highest BCUT2D eigenvalue weighted by atomic mass is 16.4. The van der Waals surface area contributed by atoms with Crippen molar-refractivity contribution in [2.24, 2.45) is 0 Å². The molecule has 0 saturated heterocycles. The third kappa shape index (κ3) is 2.12. The molecule has 0 unspecified atom stereocenters. The van der Waals surface area contributed by atoms with Crippen molar-refractivity contribution < 1.29 is 15.0 Å². The van der Waals surface area contributed by atoms with Crippen LogP contribution in [0.2, 0.25) is 0 Å². The summed E-state index contributed by atoms with van der Waals surface area (Å²) >= 11 is 0. The van der Waals surface area contributed by atoms with Crippen molar-refractivity contribution in [2.75, 3.05) is 0 Å². The Morgan fingerprint density at radius 2 is 1.92 bits per heavy atom. The minimum Gasteiger partial charge on any atom is -0.868 e. The number of carboxylic acids is 1. The fourth-order valence-corrected chi connectivity index (χ4v) is 0.762. The number of carboxylic acid groups (broad SMARTS) is 1. The van der Waals surface area contributed by atoms with E-state index in [9.17, 15) is 9.90 Å². The van der Waals surface area contributed by atoms with E-state index in [0.717, 1.165) is 6.08 Å². The molecule has 12 heavy (non-hydrogen) atoms. The van der Waals surface area contributed by atoms with Crippen LogP contribution in [-0.4, -0.2) is 11.1 Å². The van der Waals surface area contributed by atoms with Gasteiger partial charge in [-0.25, -0.2) is 4.79 Å². The van der Waals surface area contributed by atoms with Crippen LogP contribution in [0.1, 0.15) is 5.56 Å². The molecule has 1 aromatic rings. The highest BCUT2D eigenvalue weighted by Crippen LogP contribution is 2.02. The van der Waals surface area contributed by atoms with Gasteiger partial charge in [-0.3, -0.25) is 0 Å². The van der Waals surface area contributed by atoms with Gasteiger partial charge in [0.2, 0.25) is 0 Å². The fraction of sp³-hybridized carbons (Fsp3) is 0. The summed E-state index contributed by atoms with van der Waals surface area (Å²) in [6.45, 7) is 0. The SMILES string of the molecule is O=C(O)/C([O-])=C/c1ccccc1. The van der Waals surface area contributed by atoms with E-state index < -0.39 is 11.7 Å². The third-order valence-electron chi connectivity index (χ3n) is 1.31. The predicted molar refractivity (Wildman–Crippen MR) is 42.1 cm³/mol. The van der Waals surface area contributed by atoms with E-state index >= 15 is 0 Å². The maximum absolute atomic E-state index is 10.7. The molecule has 1 aromatic carbocycles. The van der Waals surface area contributed by atoms with Crippen LogP contribution in [0, 0.1) is 0 Å². The molecule has 0 bridgehead atoms. The van der Waals surface area contributed by atoms with Crippen LogP contribution in [0.5, 0.6) is 0 Å². The van der Waals surface area contributed by atoms with Gasteiger partial charge in [0.1, 0.15) is 0 Å². The van der Waals surface area contributed by atoms with E-state index in [0.29, 0.717) is 5.56 Å². The lowest BCUT2D eigenvalue weighted by atomic mass is 10.2. The molecule has 0 aliphatic heterocycles. The minimum atomic E-state index is -1.43. The molecular formula is C9H7O3-. The Kier molecular flexibility index (Phi) is 2.48. The molecule has 0 atom stereocenters. The van der Waals surface area contributed by atoms with E-state index in [1.807, 2.05) is 0 Å². The molecule has 0 amide bonds. The van der Waals surface area contributed by atoms with E-state index in [2.05, 4.69) is 0 Å². The molecule has 3 heteroatoms. The largest absolute Gasteiger partial charge is 0.868 e. The van der Waals surface area contributed by atoms with Gasteiger partial charge in [-0.2, -0.15) is 0 Å². The first-order valence-electron chi connectivity index (χ1n) is 3.37. The number of benzene rings is 1. The average molecular weight is 163 g/mol. The summed E-state index contributed by atoms with van der Waals surface area (Å²) in [6.07, 6.45) is 1.09. The average Bonchev–Trinajstić information content (AvgIpc) is 2.06.